The highest BCUT2D eigenvalue weighted by Gasteiger charge is 2.27. The van der Waals surface area contributed by atoms with E-state index in [9.17, 15) is 14.0 Å². The monoisotopic (exact) mass is 466 g/mol. The molecule has 2 aromatic carbocycles. The number of carbonyl (C=O) groups excluding carboxylic acids is 2. The number of hydrogen-bond donors (Lipinski definition) is 1. The van der Waals surface area contributed by atoms with Gasteiger partial charge in [-0.15, -0.1) is 11.3 Å². The number of likely N-dealkylation sites (tertiary alicyclic amines) is 1. The van der Waals surface area contributed by atoms with Gasteiger partial charge in [-0.25, -0.2) is 4.39 Å². The molecule has 0 spiro atoms. The van der Waals surface area contributed by atoms with Crippen molar-refractivity contribution in [3.63, 3.8) is 0 Å². The number of methoxy groups -OCH3 is 1. The number of amides is 1. The van der Waals surface area contributed by atoms with E-state index in [4.69, 9.17) is 4.74 Å². The number of hydrogen-bond acceptors (Lipinski definition) is 5. The lowest BCUT2D eigenvalue weighted by Crippen LogP contribution is -2.43. The van der Waals surface area contributed by atoms with Crippen molar-refractivity contribution in [2.24, 2.45) is 5.92 Å². The van der Waals surface area contributed by atoms with Crippen LogP contribution in [-0.2, 0) is 4.79 Å². The second-order valence-electron chi connectivity index (χ2n) is 8.21. The van der Waals surface area contributed by atoms with Crippen molar-refractivity contribution in [1.82, 2.24) is 10.2 Å². The Morgan fingerprint density at radius 3 is 2.39 bits per heavy atom. The maximum Gasteiger partial charge on any atom is 0.234 e. The van der Waals surface area contributed by atoms with Crippen LogP contribution in [0.3, 0.4) is 0 Å². The third kappa shape index (κ3) is 5.86. The average Bonchev–Trinajstić information content (AvgIpc) is 3.38. The van der Waals surface area contributed by atoms with Gasteiger partial charge in [-0.1, -0.05) is 18.2 Å². The Labute approximate surface area is 197 Å². The average molecular weight is 467 g/mol. The summed E-state index contributed by atoms with van der Waals surface area (Å²) in [6, 6.07) is 17.0. The van der Waals surface area contributed by atoms with Gasteiger partial charge in [0, 0.05) is 16.4 Å². The highest BCUT2D eigenvalue weighted by atomic mass is 32.1. The molecule has 1 unspecified atom stereocenters. The number of halogens is 1. The van der Waals surface area contributed by atoms with Crippen LogP contribution in [0.2, 0.25) is 0 Å². The second kappa shape index (κ2) is 10.7. The topological polar surface area (TPSA) is 58.6 Å². The summed E-state index contributed by atoms with van der Waals surface area (Å²) in [6.07, 6.45) is 1.45. The van der Waals surface area contributed by atoms with Crippen LogP contribution < -0.4 is 10.1 Å². The molecule has 1 aliphatic heterocycles. The van der Waals surface area contributed by atoms with Crippen LogP contribution in [0, 0.1) is 11.7 Å². The van der Waals surface area contributed by atoms with Crippen LogP contribution in [0.4, 0.5) is 4.39 Å². The van der Waals surface area contributed by atoms with Crippen molar-refractivity contribution in [1.29, 1.82) is 0 Å². The Morgan fingerprint density at radius 2 is 1.79 bits per heavy atom. The maximum atomic E-state index is 13.4. The molecule has 0 saturated carbocycles. The Morgan fingerprint density at radius 1 is 1.09 bits per heavy atom. The molecule has 1 aliphatic rings. The summed E-state index contributed by atoms with van der Waals surface area (Å²) in [4.78, 5) is 28.8. The zero-order chi connectivity index (χ0) is 23.2. The second-order valence-corrected chi connectivity index (χ2v) is 9.19. The number of nitrogens with one attached hydrogen (secondary N) is 1. The Balaban J connectivity index is 1.32. The quantitative estimate of drug-likeness (QED) is 0.489. The van der Waals surface area contributed by atoms with Crippen LogP contribution in [0.25, 0.3) is 0 Å². The van der Waals surface area contributed by atoms with Gasteiger partial charge >= 0.3 is 0 Å². The number of ketones is 1. The lowest BCUT2D eigenvalue weighted by molar-refractivity contribution is -0.123. The van der Waals surface area contributed by atoms with Crippen molar-refractivity contribution in [3.05, 3.63) is 87.9 Å². The van der Waals surface area contributed by atoms with Crippen molar-refractivity contribution in [2.75, 3.05) is 26.7 Å². The van der Waals surface area contributed by atoms with E-state index < -0.39 is 0 Å². The van der Waals surface area contributed by atoms with Crippen molar-refractivity contribution in [3.8, 4) is 5.75 Å². The molecule has 5 nitrogen and oxygen atoms in total. The summed E-state index contributed by atoms with van der Waals surface area (Å²) >= 11 is 1.55. The molecule has 1 atom stereocenters. The molecule has 1 saturated heterocycles. The lowest BCUT2D eigenvalue weighted by Gasteiger charge is -2.31. The minimum Gasteiger partial charge on any atom is -0.497 e. The summed E-state index contributed by atoms with van der Waals surface area (Å²) in [6.45, 7) is 1.66. The number of benzene rings is 2. The number of thiophene rings is 1. The fourth-order valence-electron chi connectivity index (χ4n) is 4.18. The molecule has 1 N–H and O–H groups in total. The van der Waals surface area contributed by atoms with E-state index in [1.54, 1.807) is 54.8 Å². The molecular weight excluding hydrogens is 439 g/mol. The van der Waals surface area contributed by atoms with Gasteiger partial charge in [0.05, 0.1) is 19.7 Å². The molecular formula is C26H27FN2O3S. The molecule has 7 heteroatoms. The minimum atomic E-state index is -0.313. The fraction of sp³-hybridized carbons (Fsp3) is 0.308. The van der Waals surface area contributed by atoms with Crippen LogP contribution in [0.1, 0.15) is 39.7 Å². The van der Waals surface area contributed by atoms with E-state index in [-0.39, 0.29) is 36.0 Å². The van der Waals surface area contributed by atoms with Gasteiger partial charge < -0.3 is 10.1 Å². The first-order valence-corrected chi connectivity index (χ1v) is 11.9. The smallest absolute Gasteiger partial charge is 0.234 e. The number of piperidine rings is 1. The first-order chi connectivity index (χ1) is 16.0. The van der Waals surface area contributed by atoms with E-state index in [0.29, 0.717) is 18.7 Å². The Hall–Kier alpha value is -3.03. The predicted octanol–water partition coefficient (Wildman–Crippen LogP) is 4.70. The van der Waals surface area contributed by atoms with Crippen LogP contribution in [-0.4, -0.2) is 43.3 Å². The summed E-state index contributed by atoms with van der Waals surface area (Å²) in [5, 5.41) is 5.06. The first-order valence-electron chi connectivity index (χ1n) is 11.0. The van der Waals surface area contributed by atoms with Gasteiger partial charge in [0.15, 0.2) is 5.78 Å². The minimum absolute atomic E-state index is 0.0317. The zero-order valence-electron chi connectivity index (χ0n) is 18.5. The molecule has 4 rings (SSSR count). The molecule has 1 aromatic heterocycles. The van der Waals surface area contributed by atoms with Gasteiger partial charge in [0.2, 0.25) is 5.91 Å². The highest BCUT2D eigenvalue weighted by molar-refractivity contribution is 7.10. The third-order valence-corrected chi connectivity index (χ3v) is 6.97. The van der Waals surface area contributed by atoms with Crippen molar-refractivity contribution in [2.45, 2.75) is 18.9 Å². The number of rotatable bonds is 8. The van der Waals surface area contributed by atoms with Gasteiger partial charge in [-0.05, 0) is 79.3 Å². The Bertz CT molecular complexity index is 1060. The summed E-state index contributed by atoms with van der Waals surface area (Å²) in [5.41, 5.74) is 1.54. The zero-order valence-corrected chi connectivity index (χ0v) is 19.3. The third-order valence-electron chi connectivity index (χ3n) is 6.04. The number of nitrogens with zero attached hydrogens (tertiary/aromatic N) is 1. The first kappa shape index (κ1) is 23.1. The van der Waals surface area contributed by atoms with Gasteiger partial charge in [0.1, 0.15) is 11.6 Å². The van der Waals surface area contributed by atoms with E-state index in [2.05, 4.69) is 10.2 Å². The largest absolute Gasteiger partial charge is 0.497 e. The highest BCUT2D eigenvalue weighted by Crippen LogP contribution is 2.27. The SMILES string of the molecule is COc1ccc(C(=O)C2CCN(CC(=O)NC(c3ccc(F)cc3)c3cccs3)CC2)cc1. The van der Waals surface area contributed by atoms with Crippen molar-refractivity contribution >= 4 is 23.0 Å². The van der Waals surface area contributed by atoms with Gasteiger partial charge in [0.25, 0.3) is 0 Å². The molecule has 172 valence electrons. The summed E-state index contributed by atoms with van der Waals surface area (Å²) < 4.78 is 18.5. The molecule has 1 amide bonds. The maximum absolute atomic E-state index is 13.4. The molecule has 0 aliphatic carbocycles. The van der Waals surface area contributed by atoms with Gasteiger partial charge in [-0.3, -0.25) is 14.5 Å². The number of ether oxygens (including phenoxy) is 1. The molecule has 3 aromatic rings. The van der Waals surface area contributed by atoms with Crippen LogP contribution in [0.5, 0.6) is 5.75 Å². The van der Waals surface area contributed by atoms with Gasteiger partial charge in [-0.2, -0.15) is 0 Å². The summed E-state index contributed by atoms with van der Waals surface area (Å²) in [7, 11) is 1.60. The number of Topliss-reactive ketones (excluding diaryl/α,β-unsaturated/α-hetero) is 1. The van der Waals surface area contributed by atoms with E-state index >= 15 is 0 Å². The van der Waals surface area contributed by atoms with E-state index in [1.165, 1.54) is 12.1 Å². The lowest BCUT2D eigenvalue weighted by atomic mass is 9.89. The fourth-order valence-corrected chi connectivity index (χ4v) is 4.99. The van der Waals surface area contributed by atoms with E-state index in [0.717, 1.165) is 29.0 Å². The Kier molecular flexibility index (Phi) is 7.52. The van der Waals surface area contributed by atoms with Crippen molar-refractivity contribution < 1.29 is 18.7 Å². The molecule has 33 heavy (non-hydrogen) atoms. The summed E-state index contributed by atoms with van der Waals surface area (Å²) in [5.74, 6) is 0.459. The van der Waals surface area contributed by atoms with E-state index in [1.807, 2.05) is 17.5 Å². The molecule has 0 radical (unpaired) electrons. The molecule has 2 heterocycles. The molecule has 0 bridgehead atoms. The molecule has 1 fully saturated rings. The normalized spacial score (nSPS) is 15.7. The standard InChI is InChI=1S/C26H27FN2O3S/c1-32-22-10-6-19(7-11-22)26(31)20-12-14-29(15-13-20)17-24(30)28-25(23-3-2-16-33-23)18-4-8-21(27)9-5-18/h2-11,16,20,25H,12-15,17H2,1H3,(H,28,30). The van der Waals surface area contributed by atoms with Crippen LogP contribution in [0.15, 0.2) is 66.0 Å². The van der Waals surface area contributed by atoms with Crippen LogP contribution >= 0.6 is 11.3 Å². The predicted molar refractivity (Wildman–Crippen MR) is 127 cm³/mol. The number of carbonyl (C=O) groups is 2.